The largest absolute Gasteiger partial charge is 0.308 e. The number of rotatable bonds is 1. The van der Waals surface area contributed by atoms with Crippen LogP contribution in [0.4, 0.5) is 34.1 Å². The highest BCUT2D eigenvalue weighted by molar-refractivity contribution is 6.26. The minimum Gasteiger partial charge on any atom is -0.308 e. The van der Waals surface area contributed by atoms with E-state index in [-0.39, 0.29) is 0 Å². The fourth-order valence-electron chi connectivity index (χ4n) is 10.8. The SMILES string of the molecule is CC.c1ccc(-c2cc3c4c5c(ccc4c2)-c2cccc4cccc(c24)N5c2cccnc2-3)cc1.c1ccc2c(c1)-c1cccc3ccc4c(c13)N2c1cccc2cccc-4c12. The van der Waals surface area contributed by atoms with E-state index in [9.17, 15) is 0 Å². The Morgan fingerprint density at radius 1 is 0.306 bits per heavy atom. The third-order valence-electron chi connectivity index (χ3n) is 13.2. The summed E-state index contributed by atoms with van der Waals surface area (Å²) in [6, 6.07) is 70.7. The Bertz CT molecular complexity index is 3670. The fraction of sp³-hybridized carbons (Fsp3) is 0.0339. The van der Waals surface area contributed by atoms with Crippen LogP contribution in [0.15, 0.2) is 200 Å². The molecule has 0 saturated carbocycles. The molecule has 0 bridgehead atoms. The minimum absolute atomic E-state index is 1.04. The molecule has 15 rings (SSSR count). The van der Waals surface area contributed by atoms with Gasteiger partial charge in [0.15, 0.2) is 0 Å². The highest BCUT2D eigenvalue weighted by atomic mass is 15.2. The van der Waals surface area contributed by atoms with Crippen LogP contribution in [0.3, 0.4) is 0 Å². The Hall–Kier alpha value is -8.01. The van der Waals surface area contributed by atoms with Crippen LogP contribution in [-0.4, -0.2) is 4.98 Å². The van der Waals surface area contributed by atoms with Gasteiger partial charge in [0, 0.05) is 50.0 Å². The zero-order chi connectivity index (χ0) is 41.1. The van der Waals surface area contributed by atoms with E-state index in [0.717, 1.165) is 11.4 Å². The molecule has 4 aliphatic heterocycles. The van der Waals surface area contributed by atoms with Crippen molar-refractivity contribution in [2.75, 3.05) is 9.80 Å². The van der Waals surface area contributed by atoms with Crippen LogP contribution in [0.5, 0.6) is 0 Å². The number of anilines is 6. The zero-order valence-electron chi connectivity index (χ0n) is 34.4. The van der Waals surface area contributed by atoms with E-state index in [1.54, 1.807) is 0 Å². The highest BCUT2D eigenvalue weighted by Gasteiger charge is 2.35. The van der Waals surface area contributed by atoms with E-state index in [2.05, 4.69) is 198 Å². The smallest absolute Gasteiger partial charge is 0.0949 e. The second-order valence-corrected chi connectivity index (χ2v) is 16.2. The van der Waals surface area contributed by atoms with Crippen molar-refractivity contribution in [2.24, 2.45) is 0 Å². The molecule has 10 aromatic carbocycles. The summed E-state index contributed by atoms with van der Waals surface area (Å²) in [5.41, 5.74) is 20.1. The van der Waals surface area contributed by atoms with Gasteiger partial charge in [0.05, 0.1) is 39.8 Å². The molecule has 0 fully saturated rings. The van der Waals surface area contributed by atoms with Crippen LogP contribution in [0.1, 0.15) is 13.8 Å². The average molecular weight is 790 g/mol. The molecule has 0 spiro atoms. The van der Waals surface area contributed by atoms with Gasteiger partial charge < -0.3 is 9.80 Å². The molecule has 0 unspecified atom stereocenters. The number of aromatic nitrogens is 1. The van der Waals surface area contributed by atoms with Gasteiger partial charge in [-0.2, -0.15) is 0 Å². The Morgan fingerprint density at radius 2 is 0.790 bits per heavy atom. The summed E-state index contributed by atoms with van der Waals surface area (Å²) in [4.78, 5) is 9.82. The first-order valence-electron chi connectivity index (χ1n) is 21.7. The number of hydrogen-bond donors (Lipinski definition) is 0. The third kappa shape index (κ3) is 4.68. The van der Waals surface area contributed by atoms with Gasteiger partial charge in [-0.15, -0.1) is 0 Å². The summed E-state index contributed by atoms with van der Waals surface area (Å²) in [5, 5.41) is 10.4. The van der Waals surface area contributed by atoms with Crippen molar-refractivity contribution in [2.45, 2.75) is 13.8 Å². The second kappa shape index (κ2) is 13.2. The number of fused-ring (bicyclic) bond motifs is 10. The molecule has 4 aliphatic rings. The molecule has 3 heteroatoms. The molecule has 62 heavy (non-hydrogen) atoms. The average Bonchev–Trinajstić information content (AvgIpc) is 3.35. The van der Waals surface area contributed by atoms with Gasteiger partial charge in [-0.25, -0.2) is 0 Å². The van der Waals surface area contributed by atoms with Crippen molar-refractivity contribution in [1.82, 2.24) is 4.98 Å². The number of pyridine rings is 1. The number of hydrogen-bond acceptors (Lipinski definition) is 3. The highest BCUT2D eigenvalue weighted by Crippen LogP contribution is 2.60. The Labute approximate surface area is 360 Å². The quantitative estimate of drug-likeness (QED) is 0.165. The van der Waals surface area contributed by atoms with Crippen molar-refractivity contribution in [3.63, 3.8) is 0 Å². The predicted octanol–water partition coefficient (Wildman–Crippen LogP) is 16.9. The van der Waals surface area contributed by atoms with Gasteiger partial charge >= 0.3 is 0 Å². The van der Waals surface area contributed by atoms with Gasteiger partial charge in [0.2, 0.25) is 0 Å². The number of para-hydroxylation sites is 1. The van der Waals surface area contributed by atoms with Crippen LogP contribution in [-0.2, 0) is 0 Å². The molecular formula is C59H39N3. The van der Waals surface area contributed by atoms with Gasteiger partial charge in [0.25, 0.3) is 0 Å². The number of benzene rings is 10. The first-order chi connectivity index (χ1) is 30.8. The van der Waals surface area contributed by atoms with Crippen molar-refractivity contribution in [3.8, 4) is 55.8 Å². The molecule has 11 aromatic rings. The molecule has 290 valence electrons. The molecule has 3 nitrogen and oxygen atoms in total. The fourth-order valence-corrected chi connectivity index (χ4v) is 10.8. The maximum Gasteiger partial charge on any atom is 0.0949 e. The molecule has 0 aliphatic carbocycles. The van der Waals surface area contributed by atoms with Crippen LogP contribution in [0.25, 0.3) is 98.9 Å². The van der Waals surface area contributed by atoms with E-state index >= 15 is 0 Å². The summed E-state index contributed by atoms with van der Waals surface area (Å²) < 4.78 is 0. The van der Waals surface area contributed by atoms with Crippen LogP contribution >= 0.6 is 0 Å². The summed E-state index contributed by atoms with van der Waals surface area (Å²) >= 11 is 0. The lowest BCUT2D eigenvalue weighted by molar-refractivity contribution is 1.23. The maximum atomic E-state index is 4.91. The Balaban J connectivity index is 0.000000124. The summed E-state index contributed by atoms with van der Waals surface area (Å²) in [6.07, 6.45) is 1.91. The topological polar surface area (TPSA) is 19.4 Å². The number of nitrogens with zero attached hydrogens (tertiary/aromatic N) is 3. The molecule has 0 saturated heterocycles. The first-order valence-corrected chi connectivity index (χ1v) is 21.7. The molecule has 0 N–H and O–H groups in total. The summed E-state index contributed by atoms with van der Waals surface area (Å²) in [5.74, 6) is 0. The summed E-state index contributed by atoms with van der Waals surface area (Å²) in [7, 11) is 0. The molecule has 5 heterocycles. The lowest BCUT2D eigenvalue weighted by Gasteiger charge is -2.38. The molecule has 0 radical (unpaired) electrons. The van der Waals surface area contributed by atoms with Crippen molar-refractivity contribution in [3.05, 3.63) is 200 Å². The second-order valence-electron chi connectivity index (χ2n) is 16.2. The van der Waals surface area contributed by atoms with Gasteiger partial charge in [-0.1, -0.05) is 166 Å². The van der Waals surface area contributed by atoms with E-state index in [1.165, 1.54) is 122 Å². The van der Waals surface area contributed by atoms with Crippen molar-refractivity contribution < 1.29 is 0 Å². The van der Waals surface area contributed by atoms with Crippen LogP contribution in [0, 0.1) is 0 Å². The lowest BCUT2D eigenvalue weighted by atomic mass is 9.83. The maximum absolute atomic E-state index is 4.91. The molecule has 1 aromatic heterocycles. The van der Waals surface area contributed by atoms with E-state index in [1.807, 2.05) is 26.1 Å². The van der Waals surface area contributed by atoms with Crippen LogP contribution < -0.4 is 9.80 Å². The van der Waals surface area contributed by atoms with Gasteiger partial charge in [-0.3, -0.25) is 4.98 Å². The van der Waals surface area contributed by atoms with Crippen molar-refractivity contribution in [1.29, 1.82) is 0 Å². The summed E-state index contributed by atoms with van der Waals surface area (Å²) in [6.45, 7) is 4.00. The third-order valence-corrected chi connectivity index (χ3v) is 13.2. The van der Waals surface area contributed by atoms with E-state index in [0.29, 0.717) is 0 Å². The van der Waals surface area contributed by atoms with Crippen LogP contribution in [0.2, 0.25) is 0 Å². The molecular weight excluding hydrogens is 751 g/mol. The Morgan fingerprint density at radius 3 is 1.45 bits per heavy atom. The molecule has 0 amide bonds. The van der Waals surface area contributed by atoms with Crippen molar-refractivity contribution >= 4 is 77.2 Å². The van der Waals surface area contributed by atoms with Gasteiger partial charge in [-0.05, 0) is 91.8 Å². The first kappa shape index (κ1) is 34.8. The van der Waals surface area contributed by atoms with E-state index in [4.69, 9.17) is 4.98 Å². The minimum atomic E-state index is 1.04. The Kier molecular flexibility index (Phi) is 7.44. The lowest BCUT2D eigenvalue weighted by Crippen LogP contribution is -2.19. The normalized spacial score (nSPS) is 12.6. The van der Waals surface area contributed by atoms with E-state index < -0.39 is 0 Å². The predicted molar refractivity (Wildman–Crippen MR) is 263 cm³/mol. The zero-order valence-corrected chi connectivity index (χ0v) is 34.4. The van der Waals surface area contributed by atoms with Gasteiger partial charge in [0.1, 0.15) is 0 Å². The standard InChI is InChI=1S/C31H18N2.C26H15N.C2H6/c1-2-7-19(8-3-1)22-17-21-14-15-24-23-11-4-9-20-10-5-12-26(28(20)23)33-27-13-6-16-32-30(27)25(18-22)29(21)31(24)33;1-2-12-22-18(9-1)19-10-4-7-17-14-15-21-20-11-3-6-16-8-5-13-23(24(16)20)27(22)26(21)25(17)19;1-2/h1-18H;1-15H;1-2H3. The molecule has 0 atom stereocenters. The monoisotopic (exact) mass is 789 g/mol.